The molecule has 1 aromatic rings. The fourth-order valence-corrected chi connectivity index (χ4v) is 1.32. The third-order valence-electron chi connectivity index (χ3n) is 2.37. The predicted octanol–water partition coefficient (Wildman–Crippen LogP) is 0.892. The fraction of sp³-hybridized carbons (Fsp3) is 0.455. The summed E-state index contributed by atoms with van der Waals surface area (Å²) in [4.78, 5) is 0. The SMILES string of the molecule is NCC(CO)CCc1ccc(O)cc1. The molecule has 14 heavy (non-hydrogen) atoms. The number of rotatable bonds is 5. The van der Waals surface area contributed by atoms with E-state index >= 15 is 0 Å². The van der Waals surface area contributed by atoms with Gasteiger partial charge in [-0.1, -0.05) is 12.1 Å². The molecule has 0 aliphatic rings. The minimum absolute atomic E-state index is 0.147. The van der Waals surface area contributed by atoms with Crippen LogP contribution < -0.4 is 5.73 Å². The van der Waals surface area contributed by atoms with Crippen molar-refractivity contribution in [1.82, 2.24) is 0 Å². The number of hydrogen-bond donors (Lipinski definition) is 3. The maximum absolute atomic E-state index is 9.07. The second kappa shape index (κ2) is 5.62. The van der Waals surface area contributed by atoms with Crippen LogP contribution in [0.3, 0.4) is 0 Å². The molecule has 0 spiro atoms. The lowest BCUT2D eigenvalue weighted by Crippen LogP contribution is -2.18. The monoisotopic (exact) mass is 195 g/mol. The quantitative estimate of drug-likeness (QED) is 0.653. The number of nitrogens with two attached hydrogens (primary N) is 1. The van der Waals surface area contributed by atoms with Crippen molar-refractivity contribution < 1.29 is 10.2 Å². The Bertz CT molecular complexity index is 254. The average molecular weight is 195 g/mol. The molecular weight excluding hydrogens is 178 g/mol. The number of aliphatic hydroxyl groups is 1. The first kappa shape index (κ1) is 11.0. The zero-order chi connectivity index (χ0) is 10.4. The summed E-state index contributed by atoms with van der Waals surface area (Å²) in [7, 11) is 0. The lowest BCUT2D eigenvalue weighted by molar-refractivity contribution is 0.223. The van der Waals surface area contributed by atoms with Crippen LogP contribution in [0.15, 0.2) is 24.3 Å². The number of benzene rings is 1. The van der Waals surface area contributed by atoms with Gasteiger partial charge in [-0.2, -0.15) is 0 Å². The second-order valence-corrected chi connectivity index (χ2v) is 3.49. The van der Waals surface area contributed by atoms with Crippen molar-refractivity contribution in [3.63, 3.8) is 0 Å². The first-order valence-corrected chi connectivity index (χ1v) is 4.85. The van der Waals surface area contributed by atoms with E-state index in [1.54, 1.807) is 12.1 Å². The number of phenolic OH excluding ortho intramolecular Hbond substituents is 1. The molecule has 0 aliphatic carbocycles. The van der Waals surface area contributed by atoms with Crippen LogP contribution in [0.2, 0.25) is 0 Å². The zero-order valence-electron chi connectivity index (χ0n) is 8.19. The van der Waals surface area contributed by atoms with Gasteiger partial charge in [0.05, 0.1) is 0 Å². The number of aryl methyl sites for hydroxylation is 1. The molecule has 1 atom stereocenters. The molecule has 0 amide bonds. The Kier molecular flexibility index (Phi) is 4.43. The van der Waals surface area contributed by atoms with E-state index in [1.807, 2.05) is 12.1 Å². The van der Waals surface area contributed by atoms with Crippen LogP contribution in [-0.4, -0.2) is 23.4 Å². The molecule has 0 fully saturated rings. The van der Waals surface area contributed by atoms with E-state index in [-0.39, 0.29) is 18.3 Å². The molecule has 3 heteroatoms. The Labute approximate surface area is 84.2 Å². The topological polar surface area (TPSA) is 66.5 Å². The summed E-state index contributed by atoms with van der Waals surface area (Å²) >= 11 is 0. The molecule has 1 rings (SSSR count). The molecule has 3 nitrogen and oxygen atoms in total. The molecule has 0 radical (unpaired) electrons. The van der Waals surface area contributed by atoms with Gasteiger partial charge in [-0.05, 0) is 43.0 Å². The van der Waals surface area contributed by atoms with Gasteiger partial charge >= 0.3 is 0 Å². The molecule has 0 saturated carbocycles. The third-order valence-corrected chi connectivity index (χ3v) is 2.37. The average Bonchev–Trinajstić information content (AvgIpc) is 2.22. The van der Waals surface area contributed by atoms with Gasteiger partial charge < -0.3 is 15.9 Å². The Hall–Kier alpha value is -1.06. The first-order valence-electron chi connectivity index (χ1n) is 4.85. The number of hydrogen-bond acceptors (Lipinski definition) is 3. The van der Waals surface area contributed by atoms with Crippen LogP contribution in [0.1, 0.15) is 12.0 Å². The Morgan fingerprint density at radius 3 is 2.36 bits per heavy atom. The highest BCUT2D eigenvalue weighted by Crippen LogP contribution is 2.13. The Morgan fingerprint density at radius 1 is 1.21 bits per heavy atom. The van der Waals surface area contributed by atoms with Crippen LogP contribution in [0.25, 0.3) is 0 Å². The van der Waals surface area contributed by atoms with Crippen molar-refractivity contribution in [3.8, 4) is 5.75 Å². The molecular formula is C11H17NO2. The first-order chi connectivity index (χ1) is 6.76. The van der Waals surface area contributed by atoms with Crippen molar-refractivity contribution in [3.05, 3.63) is 29.8 Å². The minimum Gasteiger partial charge on any atom is -0.508 e. The molecule has 0 bridgehead atoms. The van der Waals surface area contributed by atoms with Crippen LogP contribution in [0.5, 0.6) is 5.75 Å². The summed E-state index contributed by atoms with van der Waals surface area (Å²) in [6, 6.07) is 7.12. The molecule has 0 aromatic heterocycles. The largest absolute Gasteiger partial charge is 0.508 e. The molecule has 0 heterocycles. The van der Waals surface area contributed by atoms with E-state index in [0.29, 0.717) is 6.54 Å². The van der Waals surface area contributed by atoms with Crippen molar-refractivity contribution in [2.75, 3.05) is 13.2 Å². The second-order valence-electron chi connectivity index (χ2n) is 3.49. The lowest BCUT2D eigenvalue weighted by atomic mass is 10.0. The van der Waals surface area contributed by atoms with E-state index in [4.69, 9.17) is 15.9 Å². The number of aromatic hydroxyl groups is 1. The van der Waals surface area contributed by atoms with E-state index in [2.05, 4.69) is 0 Å². The summed E-state index contributed by atoms with van der Waals surface area (Å²) in [5, 5.41) is 18.0. The van der Waals surface area contributed by atoms with Gasteiger partial charge in [-0.3, -0.25) is 0 Å². The maximum atomic E-state index is 9.07. The van der Waals surface area contributed by atoms with Crippen molar-refractivity contribution >= 4 is 0 Å². The number of aliphatic hydroxyl groups excluding tert-OH is 1. The Morgan fingerprint density at radius 2 is 1.86 bits per heavy atom. The van der Waals surface area contributed by atoms with Crippen molar-refractivity contribution in [2.24, 2.45) is 11.7 Å². The van der Waals surface area contributed by atoms with Gasteiger partial charge in [-0.15, -0.1) is 0 Å². The molecule has 78 valence electrons. The standard InChI is InChI=1S/C11H17NO2/c12-7-10(8-13)2-1-9-3-5-11(14)6-4-9/h3-6,10,13-14H,1-2,7-8,12H2. The predicted molar refractivity (Wildman–Crippen MR) is 56.1 cm³/mol. The van der Waals surface area contributed by atoms with E-state index in [1.165, 1.54) is 0 Å². The third kappa shape index (κ3) is 3.36. The fourth-order valence-electron chi connectivity index (χ4n) is 1.32. The molecule has 4 N–H and O–H groups in total. The van der Waals surface area contributed by atoms with Crippen LogP contribution in [0, 0.1) is 5.92 Å². The summed E-state index contributed by atoms with van der Waals surface area (Å²) in [6.45, 7) is 0.670. The summed E-state index contributed by atoms with van der Waals surface area (Å²) < 4.78 is 0. The highest BCUT2D eigenvalue weighted by Gasteiger charge is 2.04. The normalized spacial score (nSPS) is 12.7. The van der Waals surface area contributed by atoms with Crippen molar-refractivity contribution in [2.45, 2.75) is 12.8 Å². The van der Waals surface area contributed by atoms with Crippen LogP contribution >= 0.6 is 0 Å². The van der Waals surface area contributed by atoms with Crippen LogP contribution in [-0.2, 0) is 6.42 Å². The van der Waals surface area contributed by atoms with Gasteiger partial charge in [0, 0.05) is 6.61 Å². The van der Waals surface area contributed by atoms with Gasteiger partial charge in [0.25, 0.3) is 0 Å². The van der Waals surface area contributed by atoms with Crippen LogP contribution in [0.4, 0.5) is 0 Å². The summed E-state index contributed by atoms with van der Waals surface area (Å²) in [5.74, 6) is 0.468. The minimum atomic E-state index is 0.147. The Balaban J connectivity index is 2.41. The van der Waals surface area contributed by atoms with Gasteiger partial charge in [0.1, 0.15) is 5.75 Å². The highest BCUT2D eigenvalue weighted by atomic mass is 16.3. The highest BCUT2D eigenvalue weighted by molar-refractivity contribution is 5.25. The molecule has 0 saturated heterocycles. The lowest BCUT2D eigenvalue weighted by Gasteiger charge is -2.10. The summed E-state index contributed by atoms with van der Waals surface area (Å²) in [5.41, 5.74) is 6.63. The van der Waals surface area contributed by atoms with Gasteiger partial charge in [-0.25, -0.2) is 0 Å². The number of phenols is 1. The van der Waals surface area contributed by atoms with Gasteiger partial charge in [0.15, 0.2) is 0 Å². The molecule has 0 aliphatic heterocycles. The summed E-state index contributed by atoms with van der Waals surface area (Å²) in [6.07, 6.45) is 1.78. The van der Waals surface area contributed by atoms with E-state index in [0.717, 1.165) is 18.4 Å². The maximum Gasteiger partial charge on any atom is 0.115 e. The van der Waals surface area contributed by atoms with E-state index < -0.39 is 0 Å². The van der Waals surface area contributed by atoms with E-state index in [9.17, 15) is 0 Å². The molecule has 1 unspecified atom stereocenters. The zero-order valence-corrected chi connectivity index (χ0v) is 8.19. The molecule has 1 aromatic carbocycles. The smallest absolute Gasteiger partial charge is 0.115 e. The van der Waals surface area contributed by atoms with Gasteiger partial charge in [0.2, 0.25) is 0 Å². The van der Waals surface area contributed by atoms with Crippen molar-refractivity contribution in [1.29, 1.82) is 0 Å².